The summed E-state index contributed by atoms with van der Waals surface area (Å²) in [4.78, 5) is 4.42. The van der Waals surface area contributed by atoms with Gasteiger partial charge in [-0.15, -0.1) is 0 Å². The molecule has 74 heavy (non-hydrogen) atoms. The molecule has 0 aliphatic rings. The Balaban J connectivity index is 0. The van der Waals surface area contributed by atoms with Gasteiger partial charge in [0, 0.05) is 131 Å². The van der Waals surface area contributed by atoms with Gasteiger partial charge in [-0.1, -0.05) is 182 Å². The molecule has 0 unspecified atom stereocenters. The number of hydrogen-bond acceptors (Lipinski definition) is 5. The summed E-state index contributed by atoms with van der Waals surface area (Å²) in [5, 5.41) is 29.9. The summed E-state index contributed by atoms with van der Waals surface area (Å²) in [5.74, 6) is 0. The van der Waals surface area contributed by atoms with E-state index in [9.17, 15) is 0 Å². The van der Waals surface area contributed by atoms with Gasteiger partial charge in [-0.3, -0.25) is 0 Å². The van der Waals surface area contributed by atoms with Crippen molar-refractivity contribution in [2.45, 2.75) is 12.8 Å². The summed E-state index contributed by atoms with van der Waals surface area (Å²) < 4.78 is 0. The number of nitrogens with two attached hydrogens (primary N) is 1. The molecule has 0 aromatic heterocycles. The van der Waals surface area contributed by atoms with Crippen LogP contribution < -0.4 is 16.4 Å². The van der Waals surface area contributed by atoms with Crippen LogP contribution in [0.1, 0.15) is 12.8 Å². The predicted octanol–water partition coefficient (Wildman–Crippen LogP) is 15.4. The minimum absolute atomic E-state index is 0. The first kappa shape index (κ1) is 74.0. The van der Waals surface area contributed by atoms with Gasteiger partial charge < -0.3 is 61.3 Å². The van der Waals surface area contributed by atoms with Crippen LogP contribution in [0.5, 0.6) is 0 Å². The van der Waals surface area contributed by atoms with Crippen molar-refractivity contribution in [3.05, 3.63) is 211 Å². The Labute approximate surface area is 546 Å². The van der Waals surface area contributed by atoms with Crippen LogP contribution in [0.25, 0.3) is 97.0 Å². The molecule has 12 aromatic carbocycles. The van der Waals surface area contributed by atoms with Crippen LogP contribution in [0.2, 0.25) is 0 Å². The van der Waals surface area contributed by atoms with Crippen molar-refractivity contribution >= 4 is 97.0 Å². The molecule has 4 radical (unpaired) electrons. The largest absolute Gasteiger partial charge is 0.372 e. The van der Waals surface area contributed by atoms with Gasteiger partial charge in [0.1, 0.15) is 0 Å². The summed E-state index contributed by atoms with van der Waals surface area (Å²) in [7, 11) is 17.4. The number of benzene rings is 12. The molecule has 0 saturated heterocycles. The van der Waals surface area contributed by atoms with Gasteiger partial charge in [0.25, 0.3) is 0 Å². The predicted molar refractivity (Wildman–Crippen MR) is 320 cm³/mol. The zero-order valence-electron chi connectivity index (χ0n) is 46.3. The molecule has 0 aliphatic carbocycles. The van der Waals surface area contributed by atoms with E-state index in [1.165, 1.54) is 124 Å². The Morgan fingerprint density at radius 3 is 0.514 bits per heavy atom. The minimum Gasteiger partial charge on any atom is -0.372 e. The van der Waals surface area contributed by atoms with E-state index >= 15 is 0 Å². The monoisotopic (exact) mass is 1290 g/mol. The van der Waals surface area contributed by atoms with Gasteiger partial charge in [-0.2, -0.15) is 0 Å². The molecule has 12 aromatic rings. The molecule has 0 aliphatic heterocycles. The van der Waals surface area contributed by atoms with E-state index in [0.29, 0.717) is 0 Å². The second-order valence-corrected chi connectivity index (χ2v) is 17.2. The van der Waals surface area contributed by atoms with Crippen molar-refractivity contribution < 1.29 is 131 Å². The average Bonchev–Trinajstić information content (AvgIpc) is 3.36. The Morgan fingerprint density at radius 2 is 0.419 bits per heavy atom. The van der Waals surface area contributed by atoms with E-state index < -0.39 is 0 Å². The third-order valence-electron chi connectivity index (χ3n) is 11.4. The fraction of sp³-hybridized carbons (Fsp3) is 0.200. The number of nitrogens with one attached hydrogen (secondary N) is 2. The topological polar surface area (TPSA) is 56.6 Å². The van der Waals surface area contributed by atoms with Crippen molar-refractivity contribution in [3.8, 4) is 0 Å². The van der Waals surface area contributed by atoms with Gasteiger partial charge in [0.15, 0.2) is 0 Å². The summed E-state index contributed by atoms with van der Waals surface area (Å²) in [6, 6.07) is 65.6. The first-order valence-electron chi connectivity index (χ1n) is 23.7. The second-order valence-electron chi connectivity index (χ2n) is 17.2. The minimum atomic E-state index is 0. The van der Waals surface area contributed by atoms with Crippen LogP contribution in [0.3, 0.4) is 0 Å². The standard InChI is InChI=1S/3C16H10.C7H18N2.C3H6.2C2H7N.CH5N.2CH3.4Y/c3*1-3-11-7-9-13-5-2-6-14-10-8-12(4-1)15(11)16(13)14;1-8(2)6-5-7-9(3)4;3*1-3-2;1-2;;;;;;/h3*1-10H;5-7H2,1-4H3;1-3H2;2*3H,1-2H3;2H2,1H3;2*1H3;;;;/q;;;;-2;;;;2*-1;;;;. The Bertz CT molecular complexity index is 2590. The van der Waals surface area contributed by atoms with Gasteiger partial charge >= 0.3 is 0 Å². The van der Waals surface area contributed by atoms with Gasteiger partial charge in [0.2, 0.25) is 0 Å². The fourth-order valence-corrected chi connectivity index (χ4v) is 8.71. The normalized spacial score (nSPS) is 9.81. The second kappa shape index (κ2) is 39.4. The van der Waals surface area contributed by atoms with E-state index in [4.69, 9.17) is 0 Å². The van der Waals surface area contributed by atoms with Gasteiger partial charge in [-0.05, 0) is 180 Å². The molecule has 0 amide bonds. The van der Waals surface area contributed by atoms with Crippen molar-refractivity contribution in [2.75, 3.05) is 76.5 Å². The van der Waals surface area contributed by atoms with Crippen LogP contribution in [-0.4, -0.2) is 86.3 Å². The summed E-state index contributed by atoms with van der Waals surface area (Å²) in [5.41, 5.74) is 4.50. The molecule has 4 N–H and O–H groups in total. The van der Waals surface area contributed by atoms with Crippen LogP contribution in [0, 0.1) is 28.7 Å². The Hall–Kier alpha value is -2.02. The summed E-state index contributed by atoms with van der Waals surface area (Å²) >= 11 is 0. The molecule has 0 spiro atoms. The maximum Gasteiger partial charge on any atom is 0 e. The third-order valence-corrected chi connectivity index (χ3v) is 11.4. The van der Waals surface area contributed by atoms with Crippen LogP contribution in [0.15, 0.2) is 182 Å². The third kappa shape index (κ3) is 19.7. The Kier molecular flexibility index (Phi) is 39.4. The summed E-state index contributed by atoms with van der Waals surface area (Å²) in [6.45, 7) is 9.14. The zero-order chi connectivity index (χ0) is 49.0. The van der Waals surface area contributed by atoms with E-state index in [0.717, 1.165) is 6.42 Å². The van der Waals surface area contributed by atoms with E-state index in [-0.39, 0.29) is 146 Å². The van der Waals surface area contributed by atoms with Crippen LogP contribution >= 0.6 is 0 Å². The zero-order valence-corrected chi connectivity index (χ0v) is 57.7. The first-order valence-corrected chi connectivity index (χ1v) is 23.7. The Morgan fingerprint density at radius 1 is 0.311 bits per heavy atom. The molecule has 0 bridgehead atoms. The maximum atomic E-state index is 4.50. The number of rotatable bonds is 4. The SMILES string of the molecule is CN.CN(C)CCCN(C)C.CNC.CNC.[CH2-]C[CH2-].[CH3-].[CH3-].[Y].[Y].[Y].[Y].c1cc2ccc3cccc4ccc(c1)c2c34.c1cc2ccc3cccc4ccc(c1)c2c34.c1cc2ccc3cccc4ccc(c1)c2c34. The van der Waals surface area contributed by atoms with Crippen LogP contribution in [-0.2, 0) is 131 Å². The summed E-state index contributed by atoms with van der Waals surface area (Å²) in [6.07, 6.45) is 2.01. The molecule has 12 rings (SSSR count). The first-order chi connectivity index (χ1) is 33.2. The molecule has 9 heteroatoms. The van der Waals surface area contributed by atoms with Crippen molar-refractivity contribution in [2.24, 2.45) is 5.73 Å². The fourth-order valence-electron chi connectivity index (χ4n) is 8.71. The van der Waals surface area contributed by atoms with Crippen molar-refractivity contribution in [1.29, 1.82) is 0 Å². The van der Waals surface area contributed by atoms with Crippen molar-refractivity contribution in [3.63, 3.8) is 0 Å². The molecule has 380 valence electrons. The van der Waals surface area contributed by atoms with E-state index in [1.54, 1.807) is 0 Å². The molecular formula is C65H79N5Y4-4. The van der Waals surface area contributed by atoms with E-state index in [1.807, 2.05) is 28.2 Å². The molecule has 0 fully saturated rings. The number of hydrogen-bond donors (Lipinski definition) is 3. The smallest absolute Gasteiger partial charge is 0 e. The van der Waals surface area contributed by atoms with E-state index in [2.05, 4.69) is 250 Å². The number of nitrogens with zero attached hydrogens (tertiary/aromatic N) is 2. The molecule has 0 atom stereocenters. The average molecular weight is 1290 g/mol. The maximum absolute atomic E-state index is 4.50. The molecule has 0 heterocycles. The van der Waals surface area contributed by atoms with Crippen molar-refractivity contribution in [1.82, 2.24) is 20.4 Å². The van der Waals surface area contributed by atoms with Gasteiger partial charge in [0.05, 0.1) is 0 Å². The molecular weight excluding hydrogens is 1210 g/mol. The molecule has 5 nitrogen and oxygen atoms in total. The van der Waals surface area contributed by atoms with Crippen LogP contribution in [0.4, 0.5) is 0 Å². The van der Waals surface area contributed by atoms with Gasteiger partial charge in [-0.25, -0.2) is 0 Å². The molecule has 0 saturated carbocycles. The quantitative estimate of drug-likeness (QED) is 0.121.